The van der Waals surface area contributed by atoms with E-state index < -0.39 is 5.97 Å². The summed E-state index contributed by atoms with van der Waals surface area (Å²) in [4.78, 5) is 31.7. The summed E-state index contributed by atoms with van der Waals surface area (Å²) < 4.78 is 0. The molecule has 0 saturated carbocycles. The van der Waals surface area contributed by atoms with Crippen LogP contribution in [0.25, 0.3) is 0 Å². The molecule has 1 amide bonds. The van der Waals surface area contributed by atoms with Crippen LogP contribution >= 0.6 is 0 Å². The van der Waals surface area contributed by atoms with E-state index in [-0.39, 0.29) is 11.5 Å². The molecule has 0 fully saturated rings. The topological polar surface area (TPSA) is 73.7 Å². The van der Waals surface area contributed by atoms with Crippen molar-refractivity contribution in [2.75, 3.05) is 25.5 Å². The average Bonchev–Trinajstić information content (AvgIpc) is 2.60. The van der Waals surface area contributed by atoms with Crippen molar-refractivity contribution in [2.24, 2.45) is 0 Å². The number of carboxylic acid groups (broad SMARTS) is 1. The maximum atomic E-state index is 12.7. The van der Waals surface area contributed by atoms with Crippen LogP contribution in [-0.2, 0) is 13.0 Å². The van der Waals surface area contributed by atoms with Crippen LogP contribution in [0.1, 0.15) is 31.8 Å². The molecule has 6 heteroatoms. The molecule has 0 spiro atoms. The molecule has 1 aliphatic rings. The molecule has 0 unspecified atom stereocenters. The third kappa shape index (κ3) is 2.95. The van der Waals surface area contributed by atoms with E-state index in [9.17, 15) is 14.7 Å². The SMILES string of the molecule is CN(C)c1ccc(C(=O)N2CCc3c(cncc3C(=O)O)C2)cc1. The molecule has 0 bridgehead atoms. The molecule has 2 heterocycles. The number of benzene rings is 1. The highest BCUT2D eigenvalue weighted by atomic mass is 16.4. The summed E-state index contributed by atoms with van der Waals surface area (Å²) >= 11 is 0. The highest BCUT2D eigenvalue weighted by Crippen LogP contribution is 2.23. The Kier molecular flexibility index (Phi) is 4.20. The van der Waals surface area contributed by atoms with Gasteiger partial charge in [-0.2, -0.15) is 0 Å². The monoisotopic (exact) mass is 325 g/mol. The second-order valence-electron chi connectivity index (χ2n) is 6.05. The largest absolute Gasteiger partial charge is 0.478 e. The summed E-state index contributed by atoms with van der Waals surface area (Å²) in [7, 11) is 3.90. The maximum absolute atomic E-state index is 12.7. The molecule has 0 saturated heterocycles. The van der Waals surface area contributed by atoms with Gasteiger partial charge in [0.25, 0.3) is 5.91 Å². The number of aromatic carboxylic acids is 1. The Morgan fingerprint density at radius 3 is 2.50 bits per heavy atom. The van der Waals surface area contributed by atoms with E-state index in [1.165, 1.54) is 6.20 Å². The highest BCUT2D eigenvalue weighted by molar-refractivity contribution is 5.95. The number of aromatic nitrogens is 1. The molecule has 1 aromatic heterocycles. The van der Waals surface area contributed by atoms with Crippen LogP contribution in [0.15, 0.2) is 36.7 Å². The van der Waals surface area contributed by atoms with Crippen LogP contribution in [0.2, 0.25) is 0 Å². The molecule has 124 valence electrons. The smallest absolute Gasteiger partial charge is 0.337 e. The minimum absolute atomic E-state index is 0.0494. The number of rotatable bonds is 3. The second kappa shape index (κ2) is 6.31. The fourth-order valence-electron chi connectivity index (χ4n) is 2.94. The molecule has 24 heavy (non-hydrogen) atoms. The van der Waals surface area contributed by atoms with Gasteiger partial charge < -0.3 is 14.9 Å². The zero-order valence-corrected chi connectivity index (χ0v) is 13.7. The van der Waals surface area contributed by atoms with Crippen LogP contribution in [0, 0.1) is 0 Å². The van der Waals surface area contributed by atoms with Crippen molar-refractivity contribution in [3.05, 3.63) is 58.9 Å². The Bertz CT molecular complexity index is 785. The first-order chi connectivity index (χ1) is 11.5. The van der Waals surface area contributed by atoms with Gasteiger partial charge in [0.05, 0.1) is 5.56 Å². The number of hydrogen-bond donors (Lipinski definition) is 1. The van der Waals surface area contributed by atoms with E-state index in [1.807, 2.05) is 43.3 Å². The molecular formula is C18H19N3O3. The summed E-state index contributed by atoms with van der Waals surface area (Å²) in [6, 6.07) is 7.46. The number of fused-ring (bicyclic) bond motifs is 1. The Balaban J connectivity index is 1.81. The van der Waals surface area contributed by atoms with E-state index in [2.05, 4.69) is 4.98 Å². The van der Waals surface area contributed by atoms with E-state index in [4.69, 9.17) is 0 Å². The Morgan fingerprint density at radius 1 is 1.17 bits per heavy atom. The van der Waals surface area contributed by atoms with Gasteiger partial charge >= 0.3 is 5.97 Å². The molecular weight excluding hydrogens is 306 g/mol. The first-order valence-electron chi connectivity index (χ1n) is 7.73. The predicted molar refractivity (Wildman–Crippen MR) is 90.4 cm³/mol. The lowest BCUT2D eigenvalue weighted by atomic mass is 9.96. The van der Waals surface area contributed by atoms with Gasteiger partial charge in [-0.15, -0.1) is 0 Å². The molecule has 1 aliphatic heterocycles. The minimum Gasteiger partial charge on any atom is -0.478 e. The minimum atomic E-state index is -0.974. The lowest BCUT2D eigenvalue weighted by Crippen LogP contribution is -2.36. The first-order valence-corrected chi connectivity index (χ1v) is 7.73. The summed E-state index contributed by atoms with van der Waals surface area (Å²) in [6.45, 7) is 0.892. The van der Waals surface area contributed by atoms with Gasteiger partial charge in [0.15, 0.2) is 0 Å². The number of nitrogens with zero attached hydrogens (tertiary/aromatic N) is 3. The second-order valence-corrected chi connectivity index (χ2v) is 6.05. The van der Waals surface area contributed by atoms with E-state index in [1.54, 1.807) is 11.1 Å². The first kappa shape index (κ1) is 16.0. The summed E-state index contributed by atoms with van der Waals surface area (Å²) in [6.07, 6.45) is 3.55. The van der Waals surface area contributed by atoms with Crippen molar-refractivity contribution in [3.8, 4) is 0 Å². The standard InChI is InChI=1S/C18H19N3O3/c1-20(2)14-5-3-12(4-6-14)17(22)21-8-7-15-13(11-21)9-19-10-16(15)18(23)24/h3-6,9-10H,7-8,11H2,1-2H3,(H,23,24). The lowest BCUT2D eigenvalue weighted by molar-refractivity contribution is 0.0693. The molecule has 3 rings (SSSR count). The van der Waals surface area contributed by atoms with Gasteiger partial charge in [0.2, 0.25) is 0 Å². The van der Waals surface area contributed by atoms with E-state index >= 15 is 0 Å². The molecule has 2 aromatic rings. The molecule has 1 N–H and O–H groups in total. The third-order valence-electron chi connectivity index (χ3n) is 4.29. The van der Waals surface area contributed by atoms with Gasteiger partial charge in [-0.1, -0.05) is 0 Å². The van der Waals surface area contributed by atoms with Crippen LogP contribution in [-0.4, -0.2) is 47.5 Å². The Hall–Kier alpha value is -2.89. The normalized spacial score (nSPS) is 13.3. The molecule has 6 nitrogen and oxygen atoms in total. The molecule has 0 radical (unpaired) electrons. The van der Waals surface area contributed by atoms with Gasteiger partial charge in [0, 0.05) is 50.8 Å². The van der Waals surface area contributed by atoms with E-state index in [0.717, 1.165) is 16.8 Å². The van der Waals surface area contributed by atoms with Gasteiger partial charge in [-0.3, -0.25) is 9.78 Å². The fourth-order valence-corrected chi connectivity index (χ4v) is 2.94. The van der Waals surface area contributed by atoms with Crippen molar-refractivity contribution in [3.63, 3.8) is 0 Å². The number of pyridine rings is 1. The summed E-state index contributed by atoms with van der Waals surface area (Å²) in [5.74, 6) is -1.02. The van der Waals surface area contributed by atoms with Crippen LogP contribution in [0.5, 0.6) is 0 Å². The maximum Gasteiger partial charge on any atom is 0.337 e. The number of hydrogen-bond acceptors (Lipinski definition) is 4. The van der Waals surface area contributed by atoms with Gasteiger partial charge in [-0.25, -0.2) is 4.79 Å². The number of amides is 1. The van der Waals surface area contributed by atoms with Crippen LogP contribution in [0.3, 0.4) is 0 Å². The highest BCUT2D eigenvalue weighted by Gasteiger charge is 2.25. The van der Waals surface area contributed by atoms with Crippen molar-refractivity contribution >= 4 is 17.6 Å². The predicted octanol–water partition coefficient (Wildman–Crippen LogP) is 2.04. The van der Waals surface area contributed by atoms with Crippen molar-refractivity contribution in [1.29, 1.82) is 0 Å². The number of carbonyl (C=O) groups is 2. The lowest BCUT2D eigenvalue weighted by Gasteiger charge is -2.29. The number of carboxylic acids is 1. The van der Waals surface area contributed by atoms with E-state index in [0.29, 0.717) is 25.1 Å². The third-order valence-corrected chi connectivity index (χ3v) is 4.29. The Morgan fingerprint density at radius 2 is 1.88 bits per heavy atom. The number of carbonyl (C=O) groups excluding carboxylic acids is 1. The van der Waals surface area contributed by atoms with Crippen molar-refractivity contribution < 1.29 is 14.7 Å². The fraction of sp³-hybridized carbons (Fsp3) is 0.278. The molecule has 0 aliphatic carbocycles. The van der Waals surface area contributed by atoms with Crippen LogP contribution < -0.4 is 4.90 Å². The summed E-state index contributed by atoms with van der Waals surface area (Å²) in [5.41, 5.74) is 3.48. The average molecular weight is 325 g/mol. The van der Waals surface area contributed by atoms with Crippen molar-refractivity contribution in [1.82, 2.24) is 9.88 Å². The quantitative estimate of drug-likeness (QED) is 0.935. The molecule has 1 aromatic carbocycles. The summed E-state index contributed by atoms with van der Waals surface area (Å²) in [5, 5.41) is 9.24. The van der Waals surface area contributed by atoms with Gasteiger partial charge in [-0.05, 0) is 41.8 Å². The number of anilines is 1. The zero-order valence-electron chi connectivity index (χ0n) is 13.7. The van der Waals surface area contributed by atoms with Crippen LogP contribution in [0.4, 0.5) is 5.69 Å². The van der Waals surface area contributed by atoms with Gasteiger partial charge in [0.1, 0.15) is 0 Å². The van der Waals surface area contributed by atoms with Crippen molar-refractivity contribution in [2.45, 2.75) is 13.0 Å². The molecule has 0 atom stereocenters. The zero-order chi connectivity index (χ0) is 17.3. The Labute approximate surface area is 140 Å².